The smallest absolute Gasteiger partial charge is 0.337 e. The van der Waals surface area contributed by atoms with Crippen molar-refractivity contribution in [1.29, 1.82) is 0 Å². The number of carbonyl (C=O) groups excluding carboxylic acids is 2. The van der Waals surface area contributed by atoms with Gasteiger partial charge in [0, 0.05) is 33.5 Å². The van der Waals surface area contributed by atoms with Crippen LogP contribution in [0.15, 0.2) is 41.3 Å². The number of ether oxygens (including phenoxy) is 1. The normalized spacial score (nSPS) is 11.7. The summed E-state index contributed by atoms with van der Waals surface area (Å²) in [5, 5.41) is 3.01. The van der Waals surface area contributed by atoms with Gasteiger partial charge in [-0.05, 0) is 43.3 Å². The Balaban J connectivity index is 1.80. The van der Waals surface area contributed by atoms with Gasteiger partial charge in [-0.3, -0.25) is 4.79 Å². The zero-order chi connectivity index (χ0) is 24.3. The number of carbonyl (C=O) groups is 2. The standard InChI is InChI=1S/C22H25ClN4O5S/c1-5-27-19-9-7-15(33(30,31)26(2)3)13-18(19)24-20(27)10-11-21(28)25-17-12-14(22(29)32-4)6-8-16(17)23/h6-9,12-13H,5,10-11H2,1-4H3,(H,25,28). The highest BCUT2D eigenvalue weighted by molar-refractivity contribution is 7.89. The monoisotopic (exact) mass is 492 g/mol. The molecule has 0 saturated carbocycles. The van der Waals surface area contributed by atoms with Crippen molar-refractivity contribution < 1.29 is 22.7 Å². The van der Waals surface area contributed by atoms with Gasteiger partial charge in [-0.15, -0.1) is 0 Å². The van der Waals surface area contributed by atoms with Crippen molar-refractivity contribution in [3.63, 3.8) is 0 Å². The van der Waals surface area contributed by atoms with E-state index in [1.807, 2.05) is 11.5 Å². The molecule has 1 N–H and O–H groups in total. The van der Waals surface area contributed by atoms with Gasteiger partial charge in [-0.1, -0.05) is 11.6 Å². The highest BCUT2D eigenvalue weighted by Crippen LogP contribution is 2.25. The average Bonchev–Trinajstić information content (AvgIpc) is 3.15. The summed E-state index contributed by atoms with van der Waals surface area (Å²) in [6.07, 6.45) is 0.448. The van der Waals surface area contributed by atoms with Crippen LogP contribution in [0.2, 0.25) is 5.02 Å². The number of benzene rings is 2. The number of amides is 1. The fourth-order valence-corrected chi connectivity index (χ4v) is 4.47. The van der Waals surface area contributed by atoms with Gasteiger partial charge < -0.3 is 14.6 Å². The van der Waals surface area contributed by atoms with Crippen molar-refractivity contribution in [2.75, 3.05) is 26.5 Å². The number of nitrogens with one attached hydrogen (secondary N) is 1. The van der Waals surface area contributed by atoms with Crippen LogP contribution in [-0.2, 0) is 32.5 Å². The molecule has 0 saturated heterocycles. The summed E-state index contributed by atoms with van der Waals surface area (Å²) in [7, 11) is 0.639. The van der Waals surface area contributed by atoms with Crippen LogP contribution in [0.5, 0.6) is 0 Å². The van der Waals surface area contributed by atoms with E-state index >= 15 is 0 Å². The molecule has 0 aliphatic rings. The maximum absolute atomic E-state index is 12.6. The summed E-state index contributed by atoms with van der Waals surface area (Å²) in [5.41, 5.74) is 1.92. The second-order valence-electron chi connectivity index (χ2n) is 7.44. The van der Waals surface area contributed by atoms with Crippen LogP contribution in [0.4, 0.5) is 5.69 Å². The number of fused-ring (bicyclic) bond motifs is 1. The van der Waals surface area contributed by atoms with Gasteiger partial charge in [-0.2, -0.15) is 0 Å². The fourth-order valence-electron chi connectivity index (χ4n) is 3.38. The molecule has 0 spiro atoms. The number of hydrogen-bond acceptors (Lipinski definition) is 6. The molecule has 3 aromatic rings. The first kappa shape index (κ1) is 24.7. The van der Waals surface area contributed by atoms with Crippen molar-refractivity contribution in [3.8, 4) is 0 Å². The number of aromatic nitrogens is 2. The molecule has 1 aromatic heterocycles. The molecular weight excluding hydrogens is 468 g/mol. The number of hydrogen-bond donors (Lipinski definition) is 1. The molecule has 0 aliphatic heterocycles. The van der Waals surface area contributed by atoms with E-state index in [4.69, 9.17) is 16.3 Å². The molecule has 2 aromatic carbocycles. The SMILES string of the molecule is CCn1c(CCC(=O)Nc2cc(C(=O)OC)ccc2Cl)nc2cc(S(=O)(=O)N(C)C)ccc21. The molecule has 33 heavy (non-hydrogen) atoms. The Kier molecular flexibility index (Phi) is 7.41. The predicted molar refractivity (Wildman–Crippen MR) is 126 cm³/mol. The second kappa shape index (κ2) is 9.90. The number of halogens is 1. The molecule has 0 radical (unpaired) electrons. The van der Waals surface area contributed by atoms with E-state index in [1.54, 1.807) is 18.2 Å². The molecule has 0 fully saturated rings. The fraction of sp³-hybridized carbons (Fsp3) is 0.318. The molecule has 1 amide bonds. The van der Waals surface area contributed by atoms with Crippen LogP contribution in [0, 0.1) is 0 Å². The molecule has 176 valence electrons. The van der Waals surface area contributed by atoms with Crippen molar-refractivity contribution in [2.24, 2.45) is 0 Å². The van der Waals surface area contributed by atoms with Gasteiger partial charge >= 0.3 is 5.97 Å². The summed E-state index contributed by atoms with van der Waals surface area (Å²) in [6, 6.07) is 9.30. The van der Waals surface area contributed by atoms with Gasteiger partial charge in [0.15, 0.2) is 0 Å². The van der Waals surface area contributed by atoms with E-state index in [-0.39, 0.29) is 22.8 Å². The van der Waals surface area contributed by atoms with E-state index in [2.05, 4.69) is 10.3 Å². The van der Waals surface area contributed by atoms with Crippen molar-refractivity contribution in [2.45, 2.75) is 31.2 Å². The molecule has 3 rings (SSSR count). The summed E-state index contributed by atoms with van der Waals surface area (Å²) >= 11 is 6.14. The largest absolute Gasteiger partial charge is 0.465 e. The Morgan fingerprint density at radius 1 is 1.18 bits per heavy atom. The predicted octanol–water partition coefficient (Wildman–Crippen LogP) is 3.32. The molecule has 11 heteroatoms. The van der Waals surface area contributed by atoms with Gasteiger partial charge in [0.2, 0.25) is 15.9 Å². The van der Waals surface area contributed by atoms with Crippen molar-refractivity contribution in [1.82, 2.24) is 13.9 Å². The Morgan fingerprint density at radius 3 is 2.55 bits per heavy atom. The highest BCUT2D eigenvalue weighted by Gasteiger charge is 2.20. The Hall–Kier alpha value is -2.95. The minimum Gasteiger partial charge on any atom is -0.465 e. The van der Waals surface area contributed by atoms with E-state index in [0.717, 1.165) is 9.82 Å². The van der Waals surface area contributed by atoms with Crippen LogP contribution in [0.25, 0.3) is 11.0 Å². The first-order valence-electron chi connectivity index (χ1n) is 10.2. The molecule has 1 heterocycles. The van der Waals surface area contributed by atoms with Crippen molar-refractivity contribution in [3.05, 3.63) is 52.8 Å². The molecular formula is C22H25ClN4O5S. The number of anilines is 1. The number of esters is 1. The number of sulfonamides is 1. The van der Waals surface area contributed by atoms with Crippen LogP contribution in [0.1, 0.15) is 29.5 Å². The van der Waals surface area contributed by atoms with Gasteiger partial charge in [0.25, 0.3) is 0 Å². The molecule has 0 aliphatic carbocycles. The summed E-state index contributed by atoms with van der Waals surface area (Å²) < 4.78 is 32.7. The van der Waals surface area contributed by atoms with E-state index in [0.29, 0.717) is 35.0 Å². The number of aryl methyl sites for hydroxylation is 2. The zero-order valence-electron chi connectivity index (χ0n) is 18.8. The summed E-state index contributed by atoms with van der Waals surface area (Å²) in [4.78, 5) is 29.0. The number of methoxy groups -OCH3 is 1. The summed E-state index contributed by atoms with van der Waals surface area (Å²) in [6.45, 7) is 2.56. The first-order valence-corrected chi connectivity index (χ1v) is 12.0. The van der Waals surface area contributed by atoms with Crippen LogP contribution in [-0.4, -0.2) is 55.4 Å². The van der Waals surface area contributed by atoms with E-state index < -0.39 is 16.0 Å². The minimum atomic E-state index is -3.58. The molecule has 9 nitrogen and oxygen atoms in total. The maximum Gasteiger partial charge on any atom is 0.337 e. The van der Waals surface area contributed by atoms with Crippen LogP contribution >= 0.6 is 11.6 Å². The Bertz CT molecular complexity index is 1320. The van der Waals surface area contributed by atoms with Crippen molar-refractivity contribution >= 4 is 50.2 Å². The van der Waals surface area contributed by atoms with Gasteiger partial charge in [-0.25, -0.2) is 22.5 Å². The Labute approximate surface area is 197 Å². The number of nitrogens with zero attached hydrogens (tertiary/aromatic N) is 3. The lowest BCUT2D eigenvalue weighted by atomic mass is 10.2. The third kappa shape index (κ3) is 5.18. The second-order valence-corrected chi connectivity index (χ2v) is 10.0. The average molecular weight is 493 g/mol. The quantitative estimate of drug-likeness (QED) is 0.483. The van der Waals surface area contributed by atoms with Crippen LogP contribution < -0.4 is 5.32 Å². The molecule has 0 atom stereocenters. The van der Waals surface area contributed by atoms with Gasteiger partial charge in [0.05, 0.1) is 39.3 Å². The number of imidazole rings is 1. The lowest BCUT2D eigenvalue weighted by Crippen LogP contribution is -2.22. The molecule has 0 bridgehead atoms. The third-order valence-electron chi connectivity index (χ3n) is 5.13. The maximum atomic E-state index is 12.6. The lowest BCUT2D eigenvalue weighted by Gasteiger charge is -2.11. The van der Waals surface area contributed by atoms with Crippen LogP contribution in [0.3, 0.4) is 0 Å². The van der Waals surface area contributed by atoms with Gasteiger partial charge in [0.1, 0.15) is 5.82 Å². The summed E-state index contributed by atoms with van der Waals surface area (Å²) in [5.74, 6) is -0.171. The molecule has 0 unspecified atom stereocenters. The third-order valence-corrected chi connectivity index (χ3v) is 7.27. The zero-order valence-corrected chi connectivity index (χ0v) is 20.3. The Morgan fingerprint density at radius 2 is 1.91 bits per heavy atom. The topological polar surface area (TPSA) is 111 Å². The van der Waals surface area contributed by atoms with E-state index in [9.17, 15) is 18.0 Å². The van der Waals surface area contributed by atoms with E-state index in [1.165, 1.54) is 39.4 Å². The minimum absolute atomic E-state index is 0.116. The lowest BCUT2D eigenvalue weighted by molar-refractivity contribution is -0.116. The first-order chi connectivity index (χ1) is 15.6. The number of rotatable bonds is 8. The highest BCUT2D eigenvalue weighted by atomic mass is 35.5.